The molecule has 0 amide bonds. The van der Waals surface area contributed by atoms with Crippen molar-refractivity contribution < 1.29 is 71.4 Å². The van der Waals surface area contributed by atoms with Gasteiger partial charge in [0, 0.05) is 46.4 Å². The van der Waals surface area contributed by atoms with Gasteiger partial charge in [0.25, 0.3) is 5.97 Å². The molecule has 1 radical (unpaired) electrons. The number of hydrogen-bond donors (Lipinski definition) is 2. The summed E-state index contributed by atoms with van der Waals surface area (Å²) < 4.78 is 33.3. The third kappa shape index (κ3) is 6.98. The number of ketones is 2. The molecular formula is C16H20MnNO11S-. The number of nitrogens with two attached hydrogens (primary N) is 1. The molecule has 0 bridgehead atoms. The van der Waals surface area contributed by atoms with E-state index >= 15 is 0 Å². The normalized spacial score (nSPS) is 10.5. The van der Waals surface area contributed by atoms with Gasteiger partial charge in [-0.15, -0.1) is 0 Å². The van der Waals surface area contributed by atoms with Gasteiger partial charge in [0.2, 0.25) is 0 Å². The summed E-state index contributed by atoms with van der Waals surface area (Å²) in [5.74, 6) is -1.83. The van der Waals surface area contributed by atoms with Gasteiger partial charge in [-0.05, 0) is 12.1 Å². The largest absolute Gasteiger partial charge is 0.744 e. The smallest absolute Gasteiger partial charge is 0.300 e. The van der Waals surface area contributed by atoms with Crippen molar-refractivity contribution in [1.82, 2.24) is 0 Å². The van der Waals surface area contributed by atoms with Gasteiger partial charge < -0.3 is 37.3 Å². The second kappa shape index (κ2) is 12.8. The standard InChI is InChI=1S/C14H9NO5S.C2H4O2.Mn.4H2O/c15-11-6-7(21(18,19)20)5-10-12(11)14(17)9-4-2-1-3-8(9)13(10)16;1-2(3)4;;;;;/h1-6H,15H2,(H,18,19,20);1H3,(H,3,4);;4*1H2/p-1. The molecule has 0 heterocycles. The van der Waals surface area contributed by atoms with E-state index < -0.39 is 32.5 Å². The summed E-state index contributed by atoms with van der Waals surface area (Å²) in [7, 11) is -4.77. The summed E-state index contributed by atoms with van der Waals surface area (Å²) in [5, 5.41) is 7.42. The van der Waals surface area contributed by atoms with Gasteiger partial charge in [-0.2, -0.15) is 0 Å². The van der Waals surface area contributed by atoms with Crippen molar-refractivity contribution in [1.29, 1.82) is 0 Å². The van der Waals surface area contributed by atoms with Gasteiger partial charge in [0.1, 0.15) is 10.1 Å². The fourth-order valence-corrected chi connectivity index (χ4v) is 2.91. The second-order valence-electron chi connectivity index (χ2n) is 5.11. The molecule has 169 valence electrons. The number of rotatable bonds is 1. The first kappa shape index (κ1) is 34.8. The molecule has 0 fully saturated rings. The SMILES string of the molecule is CC(=O)O.Nc1cc(S(=O)(=O)[O-])cc2c1C(=O)c1ccccc1C2=O.O.O.O.O.[Mn]. The third-order valence-corrected chi connectivity index (χ3v) is 4.13. The van der Waals surface area contributed by atoms with Crippen LogP contribution in [0.5, 0.6) is 0 Å². The van der Waals surface area contributed by atoms with Crippen molar-refractivity contribution in [2.45, 2.75) is 11.8 Å². The monoisotopic (exact) mass is 489 g/mol. The summed E-state index contributed by atoms with van der Waals surface area (Å²) in [6, 6.07) is 7.97. The summed E-state index contributed by atoms with van der Waals surface area (Å²) in [4.78, 5) is 33.1. The number of anilines is 1. The van der Waals surface area contributed by atoms with Crippen LogP contribution in [0.4, 0.5) is 5.69 Å². The van der Waals surface area contributed by atoms with E-state index in [4.69, 9.17) is 15.6 Å². The predicted molar refractivity (Wildman–Crippen MR) is 99.9 cm³/mol. The van der Waals surface area contributed by atoms with E-state index in [1.165, 1.54) is 12.1 Å². The Bertz CT molecular complexity index is 1020. The molecule has 0 saturated carbocycles. The molecule has 0 atom stereocenters. The molecule has 0 aromatic heterocycles. The van der Waals surface area contributed by atoms with Crippen LogP contribution in [0, 0.1) is 0 Å². The predicted octanol–water partition coefficient (Wildman–Crippen LogP) is -2.26. The summed E-state index contributed by atoms with van der Waals surface area (Å²) >= 11 is 0. The van der Waals surface area contributed by atoms with Gasteiger partial charge in [0.05, 0.1) is 10.5 Å². The molecule has 2 aromatic rings. The van der Waals surface area contributed by atoms with Gasteiger partial charge >= 0.3 is 0 Å². The van der Waals surface area contributed by atoms with Gasteiger partial charge in [0.15, 0.2) is 11.6 Å². The quantitative estimate of drug-likeness (QED) is 0.213. The van der Waals surface area contributed by atoms with Crippen LogP contribution in [-0.2, 0) is 32.0 Å². The minimum absolute atomic E-state index is 0. The van der Waals surface area contributed by atoms with Crippen molar-refractivity contribution in [3.63, 3.8) is 0 Å². The first-order chi connectivity index (χ1) is 11.5. The molecule has 14 heteroatoms. The summed E-state index contributed by atoms with van der Waals surface area (Å²) in [6.45, 7) is 1.08. The summed E-state index contributed by atoms with van der Waals surface area (Å²) in [5.41, 5.74) is 5.62. The van der Waals surface area contributed by atoms with E-state index in [0.717, 1.165) is 19.1 Å². The number of carbonyl (C=O) groups is 3. The minimum Gasteiger partial charge on any atom is -0.744 e. The molecule has 1 aliphatic rings. The molecule has 11 N–H and O–H groups in total. The van der Waals surface area contributed by atoms with Crippen LogP contribution in [0.3, 0.4) is 0 Å². The Kier molecular flexibility index (Phi) is 14.8. The molecular weight excluding hydrogens is 469 g/mol. The van der Waals surface area contributed by atoms with Crippen molar-refractivity contribution >= 4 is 33.3 Å². The van der Waals surface area contributed by atoms with Crippen LogP contribution >= 0.6 is 0 Å². The van der Waals surface area contributed by atoms with Crippen molar-refractivity contribution in [2.75, 3.05) is 5.73 Å². The Balaban J connectivity index is -0.000000347. The van der Waals surface area contributed by atoms with Crippen LogP contribution in [0.2, 0.25) is 0 Å². The average molecular weight is 489 g/mol. The van der Waals surface area contributed by atoms with Gasteiger partial charge in [-0.3, -0.25) is 14.4 Å². The number of carbonyl (C=O) groups excluding carboxylic acids is 2. The molecule has 0 spiro atoms. The fraction of sp³-hybridized carbons (Fsp3) is 0.0625. The van der Waals surface area contributed by atoms with E-state index in [2.05, 4.69) is 0 Å². The van der Waals surface area contributed by atoms with Crippen LogP contribution in [0.25, 0.3) is 0 Å². The van der Waals surface area contributed by atoms with Gasteiger partial charge in [-0.25, -0.2) is 8.42 Å². The molecule has 0 saturated heterocycles. The van der Waals surface area contributed by atoms with Crippen LogP contribution in [-0.4, -0.2) is 57.5 Å². The van der Waals surface area contributed by atoms with Crippen molar-refractivity contribution in [3.05, 3.63) is 58.7 Å². The maximum atomic E-state index is 12.4. The topological polar surface area (TPSA) is 281 Å². The van der Waals surface area contributed by atoms with Crippen molar-refractivity contribution in [2.24, 2.45) is 0 Å². The zero-order chi connectivity index (χ0) is 18.9. The van der Waals surface area contributed by atoms with E-state index in [1.54, 1.807) is 12.1 Å². The third-order valence-electron chi connectivity index (χ3n) is 3.32. The first-order valence-electron chi connectivity index (χ1n) is 6.81. The number of aliphatic carboxylic acids is 1. The second-order valence-corrected chi connectivity index (χ2v) is 6.49. The fourth-order valence-electron chi connectivity index (χ4n) is 2.37. The Morgan fingerprint density at radius 1 is 0.933 bits per heavy atom. The molecule has 1 aliphatic carbocycles. The molecule has 30 heavy (non-hydrogen) atoms. The zero-order valence-electron chi connectivity index (χ0n) is 15.2. The van der Waals surface area contributed by atoms with Crippen LogP contribution in [0.15, 0.2) is 41.3 Å². The average Bonchev–Trinajstić information content (AvgIpc) is 2.50. The number of fused-ring (bicyclic) bond motifs is 2. The van der Waals surface area contributed by atoms with Crippen LogP contribution in [0.1, 0.15) is 38.8 Å². The Hall–Kier alpha value is -2.68. The maximum absolute atomic E-state index is 12.4. The Morgan fingerprint density at radius 2 is 1.33 bits per heavy atom. The molecule has 3 rings (SSSR count). The number of hydrogen-bond acceptors (Lipinski definition) is 7. The maximum Gasteiger partial charge on any atom is 0.300 e. The van der Waals surface area contributed by atoms with Crippen LogP contribution < -0.4 is 5.73 Å². The van der Waals surface area contributed by atoms with E-state index in [9.17, 15) is 22.6 Å². The van der Waals surface area contributed by atoms with E-state index in [-0.39, 0.29) is 66.9 Å². The van der Waals surface area contributed by atoms with E-state index in [1.807, 2.05) is 0 Å². The number of carboxylic acids is 1. The molecule has 12 nitrogen and oxygen atoms in total. The zero-order valence-corrected chi connectivity index (χ0v) is 17.2. The molecule has 0 unspecified atom stereocenters. The number of carboxylic acid groups (broad SMARTS) is 1. The Morgan fingerprint density at radius 3 is 1.73 bits per heavy atom. The first-order valence-corrected chi connectivity index (χ1v) is 8.22. The Labute approximate surface area is 181 Å². The van der Waals surface area contributed by atoms with Gasteiger partial charge in [-0.1, -0.05) is 24.3 Å². The number of benzene rings is 2. The van der Waals surface area contributed by atoms with Crippen molar-refractivity contribution in [3.8, 4) is 0 Å². The summed E-state index contributed by atoms with van der Waals surface area (Å²) in [6.07, 6.45) is 0. The van der Waals surface area contributed by atoms with E-state index in [0.29, 0.717) is 0 Å². The molecule has 0 aliphatic heterocycles. The number of nitrogen functional groups attached to an aromatic ring is 1. The molecule has 2 aromatic carbocycles. The minimum atomic E-state index is -4.77.